The highest BCUT2D eigenvalue weighted by molar-refractivity contribution is 6.33. The van der Waals surface area contributed by atoms with Crippen LogP contribution in [-0.4, -0.2) is 36.1 Å². The van der Waals surface area contributed by atoms with Crippen molar-refractivity contribution in [2.45, 2.75) is 0 Å². The zero-order valence-electron chi connectivity index (χ0n) is 11.0. The van der Waals surface area contributed by atoms with E-state index in [1.165, 1.54) is 0 Å². The van der Waals surface area contributed by atoms with Gasteiger partial charge in [-0.3, -0.25) is 0 Å². The molecule has 2 heterocycles. The maximum atomic E-state index is 6.26. The third-order valence-corrected chi connectivity index (χ3v) is 3.73. The van der Waals surface area contributed by atoms with Crippen molar-refractivity contribution in [2.24, 2.45) is 0 Å². The predicted molar refractivity (Wildman–Crippen MR) is 82.3 cm³/mol. The minimum Gasteiger partial charge on any atom is -0.399 e. The third-order valence-electron chi connectivity index (χ3n) is 3.43. The Bertz CT molecular complexity index is 581. The molecule has 0 saturated carbocycles. The summed E-state index contributed by atoms with van der Waals surface area (Å²) in [6.07, 6.45) is 3.54. The Morgan fingerprint density at radius 3 is 2.30 bits per heavy atom. The van der Waals surface area contributed by atoms with Crippen LogP contribution in [0.2, 0.25) is 5.02 Å². The lowest BCUT2D eigenvalue weighted by atomic mass is 10.2. The summed E-state index contributed by atoms with van der Waals surface area (Å²) in [6.45, 7) is 3.54. The van der Waals surface area contributed by atoms with Gasteiger partial charge >= 0.3 is 0 Å². The second-order valence-corrected chi connectivity index (χ2v) is 5.14. The molecule has 5 nitrogen and oxygen atoms in total. The molecule has 0 aliphatic carbocycles. The van der Waals surface area contributed by atoms with Gasteiger partial charge in [-0.05, 0) is 24.3 Å². The molecule has 2 aromatic rings. The topological polar surface area (TPSA) is 58.3 Å². The second kappa shape index (κ2) is 5.54. The van der Waals surface area contributed by atoms with Crippen LogP contribution >= 0.6 is 11.6 Å². The van der Waals surface area contributed by atoms with E-state index in [-0.39, 0.29) is 0 Å². The van der Waals surface area contributed by atoms with Crippen LogP contribution < -0.4 is 15.5 Å². The summed E-state index contributed by atoms with van der Waals surface area (Å²) >= 11 is 6.26. The van der Waals surface area contributed by atoms with Crippen molar-refractivity contribution >= 4 is 28.9 Å². The highest BCUT2D eigenvalue weighted by Crippen LogP contribution is 2.28. The molecule has 0 bridgehead atoms. The van der Waals surface area contributed by atoms with E-state index in [1.807, 2.05) is 18.2 Å². The number of anilines is 3. The number of benzene rings is 1. The van der Waals surface area contributed by atoms with Crippen LogP contribution in [0.1, 0.15) is 0 Å². The highest BCUT2D eigenvalue weighted by Gasteiger charge is 2.20. The summed E-state index contributed by atoms with van der Waals surface area (Å²) in [5.41, 5.74) is 7.45. The fourth-order valence-electron chi connectivity index (χ4n) is 2.38. The summed E-state index contributed by atoms with van der Waals surface area (Å²) in [4.78, 5) is 13.0. The van der Waals surface area contributed by atoms with E-state index in [9.17, 15) is 0 Å². The van der Waals surface area contributed by atoms with Gasteiger partial charge in [0.25, 0.3) is 0 Å². The molecule has 2 N–H and O–H groups in total. The Kier molecular flexibility index (Phi) is 3.60. The predicted octanol–water partition coefficient (Wildman–Crippen LogP) is 2.04. The van der Waals surface area contributed by atoms with E-state index in [0.717, 1.165) is 37.8 Å². The molecule has 1 saturated heterocycles. The third kappa shape index (κ3) is 2.63. The van der Waals surface area contributed by atoms with Crippen LogP contribution in [0.5, 0.6) is 0 Å². The Morgan fingerprint density at radius 2 is 1.65 bits per heavy atom. The Morgan fingerprint density at radius 1 is 1.00 bits per heavy atom. The minimum atomic E-state index is 0.690. The molecule has 0 unspecified atom stereocenters. The molecular weight excluding hydrogens is 274 g/mol. The smallest absolute Gasteiger partial charge is 0.225 e. The van der Waals surface area contributed by atoms with Gasteiger partial charge in [0.1, 0.15) is 0 Å². The van der Waals surface area contributed by atoms with Gasteiger partial charge in [0.05, 0.1) is 10.7 Å². The molecule has 1 fully saturated rings. The lowest BCUT2D eigenvalue weighted by Crippen LogP contribution is -2.47. The molecule has 0 amide bonds. The van der Waals surface area contributed by atoms with Gasteiger partial charge in [-0.15, -0.1) is 0 Å². The first-order valence-corrected chi connectivity index (χ1v) is 6.94. The van der Waals surface area contributed by atoms with Crippen molar-refractivity contribution < 1.29 is 0 Å². The molecular formula is C14H16ClN5. The van der Waals surface area contributed by atoms with Crippen LogP contribution in [-0.2, 0) is 0 Å². The van der Waals surface area contributed by atoms with E-state index in [4.69, 9.17) is 17.3 Å². The number of piperazine rings is 1. The zero-order chi connectivity index (χ0) is 13.9. The van der Waals surface area contributed by atoms with E-state index < -0.39 is 0 Å². The Labute approximate surface area is 123 Å². The number of hydrogen-bond donors (Lipinski definition) is 1. The number of hydrogen-bond acceptors (Lipinski definition) is 5. The first kappa shape index (κ1) is 13.0. The maximum absolute atomic E-state index is 6.26. The van der Waals surface area contributed by atoms with Crippen LogP contribution in [0.4, 0.5) is 17.3 Å². The van der Waals surface area contributed by atoms with Gasteiger partial charge in [0.2, 0.25) is 5.95 Å². The summed E-state index contributed by atoms with van der Waals surface area (Å²) in [6, 6.07) is 7.48. The standard InChI is InChI=1S/C14H16ClN5/c15-12-10-11(16)2-3-13(12)19-6-8-20(9-7-19)14-17-4-1-5-18-14/h1-5,10H,6-9,16H2. The minimum absolute atomic E-state index is 0.690. The molecule has 0 atom stereocenters. The van der Waals surface area contributed by atoms with Crippen LogP contribution in [0.15, 0.2) is 36.7 Å². The molecule has 0 spiro atoms. The number of rotatable bonds is 2. The van der Waals surface area contributed by atoms with Crippen molar-refractivity contribution in [2.75, 3.05) is 41.7 Å². The number of nitrogens with two attached hydrogens (primary N) is 1. The average Bonchev–Trinajstić information content (AvgIpc) is 2.48. The molecule has 1 aliphatic rings. The van der Waals surface area contributed by atoms with Crippen LogP contribution in [0, 0.1) is 0 Å². The fourth-order valence-corrected chi connectivity index (χ4v) is 2.69. The molecule has 1 aliphatic heterocycles. The molecule has 20 heavy (non-hydrogen) atoms. The van der Waals surface area contributed by atoms with Crippen molar-refractivity contribution in [3.63, 3.8) is 0 Å². The molecule has 0 radical (unpaired) electrons. The lowest BCUT2D eigenvalue weighted by Gasteiger charge is -2.36. The lowest BCUT2D eigenvalue weighted by molar-refractivity contribution is 0.640. The van der Waals surface area contributed by atoms with Gasteiger partial charge in [-0.25, -0.2) is 9.97 Å². The number of nitrogens with zero attached hydrogens (tertiary/aromatic N) is 4. The SMILES string of the molecule is Nc1ccc(N2CCN(c3ncccn3)CC2)c(Cl)c1. The quantitative estimate of drug-likeness (QED) is 0.858. The maximum Gasteiger partial charge on any atom is 0.225 e. The van der Waals surface area contributed by atoms with E-state index in [2.05, 4.69) is 19.8 Å². The van der Waals surface area contributed by atoms with E-state index >= 15 is 0 Å². The number of halogens is 1. The molecule has 1 aromatic heterocycles. The number of aromatic nitrogens is 2. The van der Waals surface area contributed by atoms with Gasteiger partial charge in [-0.1, -0.05) is 11.6 Å². The van der Waals surface area contributed by atoms with Gasteiger partial charge in [-0.2, -0.15) is 0 Å². The Hall–Kier alpha value is -2.01. The first-order valence-electron chi connectivity index (χ1n) is 6.56. The van der Waals surface area contributed by atoms with Crippen molar-refractivity contribution in [3.05, 3.63) is 41.7 Å². The number of nitrogen functional groups attached to an aromatic ring is 1. The monoisotopic (exact) mass is 289 g/mol. The summed E-state index contributed by atoms with van der Waals surface area (Å²) in [7, 11) is 0. The zero-order valence-corrected chi connectivity index (χ0v) is 11.8. The molecule has 104 valence electrons. The summed E-state index contributed by atoms with van der Waals surface area (Å²) < 4.78 is 0. The summed E-state index contributed by atoms with van der Waals surface area (Å²) in [5, 5.41) is 0.703. The van der Waals surface area contributed by atoms with Gasteiger partial charge in [0, 0.05) is 44.3 Å². The van der Waals surface area contributed by atoms with Crippen molar-refractivity contribution in [1.29, 1.82) is 0 Å². The normalized spacial score (nSPS) is 15.4. The molecule has 3 rings (SSSR count). The van der Waals surface area contributed by atoms with Gasteiger partial charge < -0.3 is 15.5 Å². The van der Waals surface area contributed by atoms with Crippen molar-refractivity contribution in [3.8, 4) is 0 Å². The van der Waals surface area contributed by atoms with Gasteiger partial charge in [0.15, 0.2) is 0 Å². The second-order valence-electron chi connectivity index (χ2n) is 4.73. The van der Waals surface area contributed by atoms with Crippen LogP contribution in [0.3, 0.4) is 0 Å². The van der Waals surface area contributed by atoms with E-state index in [1.54, 1.807) is 18.5 Å². The van der Waals surface area contributed by atoms with Crippen molar-refractivity contribution in [1.82, 2.24) is 9.97 Å². The largest absolute Gasteiger partial charge is 0.399 e. The fraction of sp³-hybridized carbons (Fsp3) is 0.286. The average molecular weight is 290 g/mol. The molecule has 6 heteroatoms. The van der Waals surface area contributed by atoms with E-state index in [0.29, 0.717) is 10.7 Å². The van der Waals surface area contributed by atoms with Crippen LogP contribution in [0.25, 0.3) is 0 Å². The Balaban J connectivity index is 1.69. The molecule has 1 aromatic carbocycles. The highest BCUT2D eigenvalue weighted by atomic mass is 35.5. The summed E-state index contributed by atoms with van der Waals surface area (Å²) in [5.74, 6) is 0.788. The first-order chi connectivity index (χ1) is 9.74.